The second-order valence-electron chi connectivity index (χ2n) is 4.21. The van der Waals surface area contributed by atoms with Crippen LogP contribution in [0, 0.1) is 10.1 Å². The molecule has 0 unspecified atom stereocenters. The van der Waals surface area contributed by atoms with Gasteiger partial charge in [-0.2, -0.15) is 13.2 Å². The molecule has 0 aliphatic rings. The van der Waals surface area contributed by atoms with E-state index >= 15 is 0 Å². The summed E-state index contributed by atoms with van der Waals surface area (Å²) in [6.07, 6.45) is -3.89. The minimum absolute atomic E-state index is 0.0774. The van der Waals surface area contributed by atoms with Crippen molar-refractivity contribution >= 4 is 17.3 Å². The number of carbonyl (C=O) groups excluding carboxylic acids is 1. The number of amides is 1. The van der Waals surface area contributed by atoms with Crippen LogP contribution in [-0.2, 0) is 11.0 Å². The molecule has 116 valence electrons. The van der Waals surface area contributed by atoms with E-state index < -0.39 is 28.3 Å². The van der Waals surface area contributed by atoms with Crippen LogP contribution >= 0.6 is 0 Å². The zero-order valence-corrected chi connectivity index (χ0v) is 11.2. The van der Waals surface area contributed by atoms with Crippen molar-refractivity contribution < 1.29 is 22.9 Å². The minimum Gasteiger partial charge on any atom is -0.319 e. The molecular formula is C12H14F3N3O3. The lowest BCUT2D eigenvalue weighted by atomic mass is 10.1. The van der Waals surface area contributed by atoms with Crippen LogP contribution in [0.4, 0.5) is 24.5 Å². The summed E-state index contributed by atoms with van der Waals surface area (Å²) in [5.74, 6) is -0.564. The molecule has 0 heterocycles. The van der Waals surface area contributed by atoms with E-state index in [4.69, 9.17) is 0 Å². The number of anilines is 1. The Morgan fingerprint density at radius 1 is 1.38 bits per heavy atom. The molecule has 6 nitrogen and oxygen atoms in total. The lowest BCUT2D eigenvalue weighted by Crippen LogP contribution is -2.28. The largest absolute Gasteiger partial charge is 0.416 e. The number of carbonyl (C=O) groups is 1. The lowest BCUT2D eigenvalue weighted by Gasteiger charge is -2.10. The first-order chi connectivity index (χ1) is 9.75. The summed E-state index contributed by atoms with van der Waals surface area (Å²) in [7, 11) is 0. The Kier molecular flexibility index (Phi) is 5.65. The summed E-state index contributed by atoms with van der Waals surface area (Å²) < 4.78 is 37.5. The van der Waals surface area contributed by atoms with Crippen LogP contribution in [0.25, 0.3) is 0 Å². The highest BCUT2D eigenvalue weighted by molar-refractivity contribution is 5.94. The van der Waals surface area contributed by atoms with Gasteiger partial charge < -0.3 is 10.6 Å². The predicted octanol–water partition coefficient (Wildman–Crippen LogP) is 2.55. The van der Waals surface area contributed by atoms with Gasteiger partial charge in [0.25, 0.3) is 5.69 Å². The molecule has 1 amide bonds. The molecule has 1 aromatic carbocycles. The smallest absolute Gasteiger partial charge is 0.319 e. The molecule has 0 spiro atoms. The van der Waals surface area contributed by atoms with Gasteiger partial charge in [0.15, 0.2) is 0 Å². The van der Waals surface area contributed by atoms with Gasteiger partial charge in [0.05, 0.1) is 17.0 Å². The average molecular weight is 305 g/mol. The maximum atomic E-state index is 12.5. The predicted molar refractivity (Wildman–Crippen MR) is 69.9 cm³/mol. The van der Waals surface area contributed by atoms with Crippen LogP contribution in [-0.4, -0.2) is 23.9 Å². The maximum absolute atomic E-state index is 12.5. The van der Waals surface area contributed by atoms with Gasteiger partial charge in [-0.1, -0.05) is 6.92 Å². The van der Waals surface area contributed by atoms with Crippen molar-refractivity contribution in [3.63, 3.8) is 0 Å². The number of halogens is 3. The van der Waals surface area contributed by atoms with Gasteiger partial charge in [-0.15, -0.1) is 0 Å². The number of nitrogens with zero attached hydrogens (tertiary/aromatic N) is 1. The van der Waals surface area contributed by atoms with E-state index in [1.807, 2.05) is 6.92 Å². The molecule has 0 aliphatic carbocycles. The highest BCUT2D eigenvalue weighted by Crippen LogP contribution is 2.34. The van der Waals surface area contributed by atoms with Gasteiger partial charge >= 0.3 is 6.18 Å². The number of benzene rings is 1. The van der Waals surface area contributed by atoms with Crippen molar-refractivity contribution in [3.05, 3.63) is 33.9 Å². The van der Waals surface area contributed by atoms with Crippen molar-refractivity contribution in [1.29, 1.82) is 0 Å². The Labute approximate surface area is 118 Å². The van der Waals surface area contributed by atoms with E-state index in [1.54, 1.807) is 0 Å². The highest BCUT2D eigenvalue weighted by atomic mass is 19.4. The average Bonchev–Trinajstić information content (AvgIpc) is 2.37. The van der Waals surface area contributed by atoms with Crippen molar-refractivity contribution in [1.82, 2.24) is 5.32 Å². The maximum Gasteiger partial charge on any atom is 0.416 e. The quantitative estimate of drug-likeness (QED) is 0.480. The fraction of sp³-hybridized carbons (Fsp3) is 0.417. The lowest BCUT2D eigenvalue weighted by molar-refractivity contribution is -0.384. The zero-order valence-electron chi connectivity index (χ0n) is 11.2. The van der Waals surface area contributed by atoms with Crippen LogP contribution in [0.5, 0.6) is 0 Å². The molecule has 0 bridgehead atoms. The first-order valence-electron chi connectivity index (χ1n) is 6.12. The fourth-order valence-corrected chi connectivity index (χ4v) is 1.54. The molecule has 0 radical (unpaired) electrons. The van der Waals surface area contributed by atoms with Crippen molar-refractivity contribution in [2.75, 3.05) is 18.4 Å². The van der Waals surface area contributed by atoms with Gasteiger partial charge in [0.2, 0.25) is 5.91 Å². The molecule has 0 aliphatic heterocycles. The van der Waals surface area contributed by atoms with Gasteiger partial charge in [-0.25, -0.2) is 0 Å². The van der Waals surface area contributed by atoms with E-state index in [-0.39, 0.29) is 12.2 Å². The summed E-state index contributed by atoms with van der Waals surface area (Å²) in [5, 5.41) is 15.8. The van der Waals surface area contributed by atoms with Crippen LogP contribution in [0.1, 0.15) is 18.9 Å². The molecule has 0 saturated carbocycles. The van der Waals surface area contributed by atoms with E-state index in [1.165, 1.54) is 0 Å². The normalized spacial score (nSPS) is 11.2. The third kappa shape index (κ3) is 5.03. The van der Waals surface area contributed by atoms with Crippen molar-refractivity contribution in [2.45, 2.75) is 19.5 Å². The number of rotatable bonds is 6. The molecule has 0 atom stereocenters. The van der Waals surface area contributed by atoms with Crippen molar-refractivity contribution in [3.8, 4) is 0 Å². The molecule has 9 heteroatoms. The van der Waals surface area contributed by atoms with Crippen LogP contribution in [0.15, 0.2) is 18.2 Å². The monoisotopic (exact) mass is 305 g/mol. The van der Waals surface area contributed by atoms with Crippen LogP contribution in [0.2, 0.25) is 0 Å². The molecule has 0 saturated heterocycles. The number of hydrogen-bond acceptors (Lipinski definition) is 4. The summed E-state index contributed by atoms with van der Waals surface area (Å²) in [6.45, 7) is 2.40. The summed E-state index contributed by atoms with van der Waals surface area (Å²) >= 11 is 0. The number of nitro benzene ring substituents is 1. The zero-order chi connectivity index (χ0) is 16.0. The van der Waals surface area contributed by atoms with Gasteiger partial charge in [-0.05, 0) is 25.1 Å². The molecule has 1 aromatic rings. The minimum atomic E-state index is -4.68. The molecule has 0 fully saturated rings. The Morgan fingerprint density at radius 2 is 2.05 bits per heavy atom. The Hall–Kier alpha value is -2.16. The van der Waals surface area contributed by atoms with Crippen LogP contribution < -0.4 is 10.6 Å². The van der Waals surface area contributed by atoms with Gasteiger partial charge in [-0.3, -0.25) is 14.9 Å². The summed E-state index contributed by atoms with van der Waals surface area (Å²) in [5.41, 5.74) is -2.21. The number of hydrogen-bond donors (Lipinski definition) is 2. The first kappa shape index (κ1) is 16.9. The van der Waals surface area contributed by atoms with E-state index in [9.17, 15) is 28.1 Å². The topological polar surface area (TPSA) is 84.3 Å². The summed E-state index contributed by atoms with van der Waals surface area (Å²) in [4.78, 5) is 21.4. The molecule has 21 heavy (non-hydrogen) atoms. The van der Waals surface area contributed by atoms with E-state index in [2.05, 4.69) is 10.6 Å². The molecule has 2 N–H and O–H groups in total. The molecule has 1 rings (SSSR count). The fourth-order valence-electron chi connectivity index (χ4n) is 1.54. The van der Waals surface area contributed by atoms with Gasteiger partial charge in [0, 0.05) is 6.07 Å². The third-order valence-electron chi connectivity index (χ3n) is 2.51. The van der Waals surface area contributed by atoms with Crippen molar-refractivity contribution in [2.24, 2.45) is 0 Å². The standard InChI is InChI=1S/C12H14F3N3O3/c1-2-5-16-7-11(19)17-9-4-3-8(12(13,14)15)6-10(9)18(20)21/h3-4,6,16H,2,5,7H2,1H3,(H,17,19). The van der Waals surface area contributed by atoms with Crippen LogP contribution in [0.3, 0.4) is 0 Å². The van der Waals surface area contributed by atoms with E-state index in [0.717, 1.165) is 12.5 Å². The number of nitro groups is 1. The third-order valence-corrected chi connectivity index (χ3v) is 2.51. The Morgan fingerprint density at radius 3 is 2.57 bits per heavy atom. The van der Waals surface area contributed by atoms with E-state index in [0.29, 0.717) is 18.7 Å². The second kappa shape index (κ2) is 7.02. The van der Waals surface area contributed by atoms with Gasteiger partial charge in [0.1, 0.15) is 5.69 Å². The number of alkyl halides is 3. The molecular weight excluding hydrogens is 291 g/mol. The summed E-state index contributed by atoms with van der Waals surface area (Å²) in [6, 6.07) is 1.95. The molecule has 0 aromatic heterocycles. The highest BCUT2D eigenvalue weighted by Gasteiger charge is 2.33. The second-order valence-corrected chi connectivity index (χ2v) is 4.21. The number of nitrogens with one attached hydrogen (secondary N) is 2. The SMILES string of the molecule is CCCNCC(=O)Nc1ccc(C(F)(F)F)cc1[N+](=O)[O-]. The first-order valence-corrected chi connectivity index (χ1v) is 6.12. The Balaban J connectivity index is 2.92. The Bertz CT molecular complexity index is 532.